The molecule has 0 spiro atoms. The zero-order chi connectivity index (χ0) is 13.3. The summed E-state index contributed by atoms with van der Waals surface area (Å²) >= 11 is 1.26. The van der Waals surface area contributed by atoms with Crippen molar-refractivity contribution in [2.24, 2.45) is 0 Å². The van der Waals surface area contributed by atoms with Crippen LogP contribution >= 0.6 is 11.5 Å². The summed E-state index contributed by atoms with van der Waals surface area (Å²) in [5, 5.41) is 8.37. The second-order valence-electron chi connectivity index (χ2n) is 4.22. The molecule has 0 aliphatic rings. The average Bonchev–Trinajstić information content (AvgIpc) is 2.86. The zero-order valence-corrected chi connectivity index (χ0v) is 12.0. The van der Waals surface area contributed by atoms with E-state index in [0.29, 0.717) is 0 Å². The van der Waals surface area contributed by atoms with E-state index in [0.717, 1.165) is 27.7 Å². The van der Waals surface area contributed by atoms with Crippen molar-refractivity contribution in [1.82, 2.24) is 14.8 Å². The molecule has 5 nitrogen and oxygen atoms in total. The first-order valence-electron chi connectivity index (χ1n) is 5.59. The molecule has 2 aromatic rings. The summed E-state index contributed by atoms with van der Waals surface area (Å²) in [4.78, 5) is 1.96. The van der Waals surface area contributed by atoms with Crippen molar-refractivity contribution in [3.8, 4) is 5.75 Å². The largest absolute Gasteiger partial charge is 0.494 e. The van der Waals surface area contributed by atoms with Crippen LogP contribution in [0.3, 0.4) is 0 Å². The number of hydrogen-bond acceptors (Lipinski definition) is 6. The normalized spacial score (nSPS) is 10.5. The van der Waals surface area contributed by atoms with E-state index >= 15 is 0 Å². The third-order valence-electron chi connectivity index (χ3n) is 3.07. The molecule has 1 aromatic heterocycles. The maximum absolute atomic E-state index is 5.55. The van der Waals surface area contributed by atoms with Crippen molar-refractivity contribution >= 4 is 22.4 Å². The number of benzene rings is 1. The number of aromatic nitrogens is 3. The number of aryl methyl sites for hydroxylation is 2. The van der Waals surface area contributed by atoms with E-state index in [9.17, 15) is 0 Å². The third-order valence-corrected chi connectivity index (χ3v) is 3.74. The predicted molar refractivity (Wildman–Crippen MR) is 73.0 cm³/mol. The lowest BCUT2D eigenvalue weighted by Crippen LogP contribution is -2.13. The lowest BCUT2D eigenvalue weighted by atomic mass is 10.0. The van der Waals surface area contributed by atoms with Crippen LogP contribution in [-0.2, 0) is 0 Å². The van der Waals surface area contributed by atoms with Crippen molar-refractivity contribution in [1.29, 1.82) is 0 Å². The van der Waals surface area contributed by atoms with Crippen molar-refractivity contribution in [2.75, 3.05) is 19.1 Å². The highest BCUT2D eigenvalue weighted by atomic mass is 32.1. The topological polar surface area (TPSA) is 51.1 Å². The Hall–Kier alpha value is -1.69. The number of hydrogen-bond donors (Lipinski definition) is 0. The van der Waals surface area contributed by atoms with Gasteiger partial charge in [0.15, 0.2) is 0 Å². The first-order chi connectivity index (χ1) is 8.56. The first-order valence-corrected chi connectivity index (χ1v) is 6.37. The minimum atomic E-state index is 0.750. The Labute approximate surface area is 111 Å². The summed E-state index contributed by atoms with van der Waals surface area (Å²) < 4.78 is 9.34. The Morgan fingerprint density at radius 2 is 1.94 bits per heavy atom. The summed E-state index contributed by atoms with van der Waals surface area (Å²) in [5.74, 6) is 0.880. The molecule has 1 aromatic carbocycles. The molecule has 96 valence electrons. The predicted octanol–water partition coefficient (Wildman–Crippen LogP) is 2.63. The van der Waals surface area contributed by atoms with E-state index in [1.807, 2.05) is 11.9 Å². The third kappa shape index (κ3) is 2.03. The minimum absolute atomic E-state index is 0.750. The van der Waals surface area contributed by atoms with Crippen molar-refractivity contribution in [2.45, 2.75) is 20.8 Å². The van der Waals surface area contributed by atoms with Gasteiger partial charge in [0.1, 0.15) is 5.75 Å². The van der Waals surface area contributed by atoms with Gasteiger partial charge in [0, 0.05) is 18.6 Å². The molecule has 0 fully saturated rings. The van der Waals surface area contributed by atoms with Gasteiger partial charge in [-0.25, -0.2) is 0 Å². The van der Waals surface area contributed by atoms with Gasteiger partial charge in [0.2, 0.25) is 5.13 Å². The van der Waals surface area contributed by atoms with Crippen LogP contribution in [0.15, 0.2) is 6.07 Å². The summed E-state index contributed by atoms with van der Waals surface area (Å²) in [6.07, 6.45) is 0. The van der Waals surface area contributed by atoms with Crippen molar-refractivity contribution in [3.05, 3.63) is 22.8 Å². The molecule has 0 aliphatic heterocycles. The maximum Gasteiger partial charge on any atom is 0.232 e. The van der Waals surface area contributed by atoms with Gasteiger partial charge in [-0.15, -0.1) is 0 Å². The molecule has 0 bridgehead atoms. The lowest BCUT2D eigenvalue weighted by Gasteiger charge is -2.23. The van der Waals surface area contributed by atoms with Gasteiger partial charge in [-0.05, 0) is 42.7 Å². The van der Waals surface area contributed by atoms with Crippen LogP contribution in [0.2, 0.25) is 0 Å². The van der Waals surface area contributed by atoms with Crippen LogP contribution in [0.4, 0.5) is 10.8 Å². The van der Waals surface area contributed by atoms with Gasteiger partial charge < -0.3 is 9.64 Å². The fourth-order valence-corrected chi connectivity index (χ4v) is 2.49. The Kier molecular flexibility index (Phi) is 3.47. The highest BCUT2D eigenvalue weighted by Gasteiger charge is 2.19. The SMILES string of the molecule is COc1c(C)c(C)cc(C)c1N(C)c1nnns1. The fraction of sp³-hybridized carbons (Fsp3) is 0.417. The van der Waals surface area contributed by atoms with Crippen LogP contribution in [0.5, 0.6) is 5.75 Å². The number of ether oxygens (including phenoxy) is 1. The molecule has 0 N–H and O–H groups in total. The van der Waals surface area contributed by atoms with E-state index in [2.05, 4.69) is 41.6 Å². The molecule has 18 heavy (non-hydrogen) atoms. The smallest absolute Gasteiger partial charge is 0.232 e. The monoisotopic (exact) mass is 264 g/mol. The van der Waals surface area contributed by atoms with Crippen LogP contribution in [-0.4, -0.2) is 29.0 Å². The van der Waals surface area contributed by atoms with E-state index in [1.54, 1.807) is 7.11 Å². The lowest BCUT2D eigenvalue weighted by molar-refractivity contribution is 0.412. The van der Waals surface area contributed by atoms with Gasteiger partial charge in [0.25, 0.3) is 0 Å². The summed E-state index contributed by atoms with van der Waals surface area (Å²) in [7, 11) is 3.64. The quantitative estimate of drug-likeness (QED) is 0.853. The molecule has 0 atom stereocenters. The fourth-order valence-electron chi connectivity index (χ4n) is 2.06. The van der Waals surface area contributed by atoms with Crippen LogP contribution < -0.4 is 9.64 Å². The average molecular weight is 264 g/mol. The molecule has 0 saturated heterocycles. The standard InChI is InChI=1S/C12H16N4OS/c1-7-6-8(2)10(11(17-5)9(7)3)16(4)12-13-14-15-18-12/h6H,1-5H3. The van der Waals surface area contributed by atoms with Gasteiger partial charge >= 0.3 is 0 Å². The second kappa shape index (κ2) is 4.89. The molecular formula is C12H16N4OS. The minimum Gasteiger partial charge on any atom is -0.494 e. The highest BCUT2D eigenvalue weighted by molar-refractivity contribution is 7.09. The molecule has 6 heteroatoms. The zero-order valence-electron chi connectivity index (χ0n) is 11.2. The first kappa shape index (κ1) is 12.8. The summed E-state index contributed by atoms with van der Waals surface area (Å²) in [6, 6.07) is 2.15. The second-order valence-corrected chi connectivity index (χ2v) is 4.93. The van der Waals surface area contributed by atoms with E-state index < -0.39 is 0 Å². The van der Waals surface area contributed by atoms with Gasteiger partial charge in [-0.1, -0.05) is 15.7 Å². The van der Waals surface area contributed by atoms with Crippen LogP contribution in [0, 0.1) is 20.8 Å². The van der Waals surface area contributed by atoms with E-state index in [1.165, 1.54) is 17.1 Å². The Balaban J connectivity index is 2.60. The molecule has 1 heterocycles. The number of nitrogens with zero attached hydrogens (tertiary/aromatic N) is 4. The number of methoxy groups -OCH3 is 1. The maximum atomic E-state index is 5.55. The van der Waals surface area contributed by atoms with Crippen molar-refractivity contribution < 1.29 is 4.74 Å². The molecule has 0 amide bonds. The van der Waals surface area contributed by atoms with Gasteiger partial charge in [-0.3, -0.25) is 0 Å². The van der Waals surface area contributed by atoms with Crippen molar-refractivity contribution in [3.63, 3.8) is 0 Å². The van der Waals surface area contributed by atoms with Gasteiger partial charge in [0.05, 0.1) is 12.8 Å². The van der Waals surface area contributed by atoms with Gasteiger partial charge in [-0.2, -0.15) is 0 Å². The van der Waals surface area contributed by atoms with Crippen LogP contribution in [0.1, 0.15) is 16.7 Å². The molecule has 0 aliphatic carbocycles. The number of rotatable bonds is 3. The summed E-state index contributed by atoms with van der Waals surface area (Å²) in [5.41, 5.74) is 4.52. The molecule has 0 saturated carbocycles. The molecule has 0 unspecified atom stereocenters. The Bertz CT molecular complexity index is 554. The molecule has 2 rings (SSSR count). The van der Waals surface area contributed by atoms with E-state index in [-0.39, 0.29) is 0 Å². The number of anilines is 2. The Morgan fingerprint density at radius 1 is 1.22 bits per heavy atom. The van der Waals surface area contributed by atoms with Crippen LogP contribution in [0.25, 0.3) is 0 Å². The molecule has 0 radical (unpaired) electrons. The summed E-state index contributed by atoms with van der Waals surface area (Å²) in [6.45, 7) is 6.21. The highest BCUT2D eigenvalue weighted by Crippen LogP contribution is 2.39. The van der Waals surface area contributed by atoms with E-state index in [4.69, 9.17) is 4.74 Å². The Morgan fingerprint density at radius 3 is 2.50 bits per heavy atom. The molecular weight excluding hydrogens is 248 g/mol.